The first-order chi connectivity index (χ1) is 15.1. The highest BCUT2D eigenvalue weighted by Gasteiger charge is 2.24. The Morgan fingerprint density at radius 3 is 2.61 bits per heavy atom. The van der Waals surface area contributed by atoms with E-state index in [1.165, 1.54) is 23.6 Å². The van der Waals surface area contributed by atoms with E-state index in [-0.39, 0.29) is 11.5 Å². The lowest BCUT2D eigenvalue weighted by Crippen LogP contribution is -2.48. The summed E-state index contributed by atoms with van der Waals surface area (Å²) in [5.74, 6) is -0.292. The van der Waals surface area contributed by atoms with Gasteiger partial charge in [0.05, 0.1) is 21.2 Å². The smallest absolute Gasteiger partial charge is 0.258 e. The molecule has 1 fully saturated rings. The number of nitrogens with zero attached hydrogens (tertiary/aromatic N) is 5. The van der Waals surface area contributed by atoms with Gasteiger partial charge in [0.25, 0.3) is 5.91 Å². The van der Waals surface area contributed by atoms with Gasteiger partial charge in [-0.3, -0.25) is 9.69 Å². The van der Waals surface area contributed by atoms with Crippen molar-refractivity contribution in [3.05, 3.63) is 63.7 Å². The van der Waals surface area contributed by atoms with Gasteiger partial charge in [-0.15, -0.1) is 0 Å². The van der Waals surface area contributed by atoms with E-state index in [0.717, 1.165) is 20.4 Å². The van der Waals surface area contributed by atoms with Gasteiger partial charge < -0.3 is 10.2 Å². The van der Waals surface area contributed by atoms with E-state index in [1.807, 2.05) is 32.0 Å². The summed E-state index contributed by atoms with van der Waals surface area (Å²) in [4.78, 5) is 28.9. The number of thiazole rings is 1. The molecule has 31 heavy (non-hydrogen) atoms. The summed E-state index contributed by atoms with van der Waals surface area (Å²) in [7, 11) is 0. The third-order valence-corrected chi connectivity index (χ3v) is 5.95. The quantitative estimate of drug-likeness (QED) is 0.511. The molecule has 1 aliphatic heterocycles. The van der Waals surface area contributed by atoms with Gasteiger partial charge in [0.2, 0.25) is 5.95 Å². The number of pyridine rings is 2. The van der Waals surface area contributed by atoms with Crippen LogP contribution in [0.25, 0.3) is 0 Å². The summed E-state index contributed by atoms with van der Waals surface area (Å²) in [6, 6.07) is 8.88. The number of piperazine rings is 1. The van der Waals surface area contributed by atoms with Crippen molar-refractivity contribution in [1.29, 1.82) is 0 Å². The standard InChI is InChI=1S/C19H18BrFN6OS.C2H6/c20-15-11-23-19(29-15)25-16-5-1-3-13(24-16)12-26-7-9-27(10-8-26)18(28)14-4-2-6-22-17(14)21;1-2/h1-6,11H,7-10,12H2,(H,23,24,25);1-2H3. The molecule has 0 aromatic carbocycles. The number of aromatic nitrogens is 3. The molecule has 1 saturated heterocycles. The number of rotatable bonds is 5. The first kappa shape index (κ1) is 23.2. The highest BCUT2D eigenvalue weighted by Crippen LogP contribution is 2.25. The molecule has 4 heterocycles. The van der Waals surface area contributed by atoms with Gasteiger partial charge in [0, 0.05) is 38.9 Å². The van der Waals surface area contributed by atoms with Gasteiger partial charge in [-0.25, -0.2) is 15.0 Å². The summed E-state index contributed by atoms with van der Waals surface area (Å²) < 4.78 is 14.7. The van der Waals surface area contributed by atoms with E-state index in [9.17, 15) is 9.18 Å². The van der Waals surface area contributed by atoms with E-state index in [0.29, 0.717) is 32.7 Å². The number of carbonyl (C=O) groups excluding carboxylic acids is 1. The summed E-state index contributed by atoms with van der Waals surface area (Å²) in [6.45, 7) is 7.16. The van der Waals surface area contributed by atoms with Crippen molar-refractivity contribution in [1.82, 2.24) is 24.8 Å². The lowest BCUT2D eigenvalue weighted by atomic mass is 10.2. The first-order valence-electron chi connectivity index (χ1n) is 10.0. The molecular weight excluding hydrogens is 483 g/mol. The molecule has 0 saturated carbocycles. The number of hydrogen-bond donors (Lipinski definition) is 1. The van der Waals surface area contributed by atoms with Crippen molar-refractivity contribution in [2.75, 3.05) is 31.5 Å². The molecular formula is C21H24BrFN6OS. The second-order valence-corrected chi connectivity index (χ2v) is 8.93. The topological polar surface area (TPSA) is 74.2 Å². The van der Waals surface area contributed by atoms with Crippen molar-refractivity contribution < 1.29 is 9.18 Å². The number of hydrogen-bond acceptors (Lipinski definition) is 7. The first-order valence-corrected chi connectivity index (χ1v) is 11.7. The van der Waals surface area contributed by atoms with Crippen molar-refractivity contribution in [2.45, 2.75) is 20.4 Å². The largest absolute Gasteiger partial charge is 0.336 e. The van der Waals surface area contributed by atoms with E-state index in [2.05, 4.69) is 41.1 Å². The van der Waals surface area contributed by atoms with Gasteiger partial charge in [-0.05, 0) is 40.2 Å². The minimum Gasteiger partial charge on any atom is -0.336 e. The fraction of sp³-hybridized carbons (Fsp3) is 0.333. The molecule has 0 bridgehead atoms. The molecule has 164 valence electrons. The average molecular weight is 507 g/mol. The Bertz CT molecular complexity index is 1010. The van der Waals surface area contributed by atoms with Gasteiger partial charge >= 0.3 is 0 Å². The van der Waals surface area contributed by atoms with E-state index >= 15 is 0 Å². The van der Waals surface area contributed by atoms with E-state index in [4.69, 9.17) is 0 Å². The van der Waals surface area contributed by atoms with Crippen molar-refractivity contribution in [3.8, 4) is 0 Å². The van der Waals surface area contributed by atoms with Crippen LogP contribution in [-0.2, 0) is 6.54 Å². The Morgan fingerprint density at radius 1 is 1.16 bits per heavy atom. The van der Waals surface area contributed by atoms with Crippen molar-refractivity contribution in [2.24, 2.45) is 0 Å². The lowest BCUT2D eigenvalue weighted by molar-refractivity contribution is 0.0621. The zero-order chi connectivity index (χ0) is 22.2. The highest BCUT2D eigenvalue weighted by atomic mass is 79.9. The van der Waals surface area contributed by atoms with Crippen molar-refractivity contribution >= 4 is 44.1 Å². The van der Waals surface area contributed by atoms with Crippen LogP contribution in [-0.4, -0.2) is 56.8 Å². The molecule has 1 amide bonds. The van der Waals surface area contributed by atoms with Crippen LogP contribution in [0, 0.1) is 5.95 Å². The van der Waals surface area contributed by atoms with Gasteiger partial charge in [0.15, 0.2) is 5.13 Å². The van der Waals surface area contributed by atoms with Gasteiger partial charge in [0.1, 0.15) is 5.82 Å². The van der Waals surface area contributed by atoms with Crippen LogP contribution in [0.4, 0.5) is 15.3 Å². The summed E-state index contributed by atoms with van der Waals surface area (Å²) in [6.07, 6.45) is 3.09. The van der Waals surface area contributed by atoms with Crippen LogP contribution in [0.2, 0.25) is 0 Å². The highest BCUT2D eigenvalue weighted by molar-refractivity contribution is 9.11. The molecule has 1 aliphatic rings. The molecule has 0 radical (unpaired) electrons. The third-order valence-electron chi connectivity index (χ3n) is 4.55. The lowest BCUT2D eigenvalue weighted by Gasteiger charge is -2.34. The third kappa shape index (κ3) is 6.28. The van der Waals surface area contributed by atoms with Crippen LogP contribution >= 0.6 is 27.3 Å². The van der Waals surface area contributed by atoms with E-state index in [1.54, 1.807) is 17.2 Å². The minimum atomic E-state index is -0.722. The molecule has 0 atom stereocenters. The fourth-order valence-corrected chi connectivity index (χ4v) is 4.23. The molecule has 10 heteroatoms. The molecule has 3 aromatic rings. The number of anilines is 2. The zero-order valence-electron chi connectivity index (χ0n) is 17.4. The van der Waals surface area contributed by atoms with Gasteiger partial charge in [-0.2, -0.15) is 4.39 Å². The van der Waals surface area contributed by atoms with Crippen LogP contribution in [0.1, 0.15) is 29.9 Å². The summed E-state index contributed by atoms with van der Waals surface area (Å²) >= 11 is 4.90. The van der Waals surface area contributed by atoms with Crippen LogP contribution in [0.5, 0.6) is 0 Å². The number of amides is 1. The van der Waals surface area contributed by atoms with Crippen LogP contribution < -0.4 is 5.32 Å². The Balaban J connectivity index is 0.00000132. The maximum Gasteiger partial charge on any atom is 0.258 e. The predicted molar refractivity (Wildman–Crippen MR) is 124 cm³/mol. The molecule has 4 rings (SSSR count). The Kier molecular flexibility index (Phi) is 8.44. The number of carbonyl (C=O) groups is 1. The summed E-state index contributed by atoms with van der Waals surface area (Å²) in [5.41, 5.74) is 0.957. The molecule has 0 unspecified atom stereocenters. The normalized spacial score (nSPS) is 14.0. The summed E-state index contributed by atoms with van der Waals surface area (Å²) in [5, 5.41) is 3.98. The molecule has 1 N–H and O–H groups in total. The predicted octanol–water partition coefficient (Wildman–Crippen LogP) is 4.56. The molecule has 0 spiro atoms. The second kappa shape index (κ2) is 11.3. The average Bonchev–Trinajstić information content (AvgIpc) is 3.20. The number of nitrogens with one attached hydrogen (secondary N) is 1. The molecule has 7 nitrogen and oxygen atoms in total. The maximum absolute atomic E-state index is 13.8. The minimum absolute atomic E-state index is 0.0233. The fourth-order valence-electron chi connectivity index (χ4n) is 3.11. The maximum atomic E-state index is 13.8. The Morgan fingerprint density at radius 2 is 1.94 bits per heavy atom. The Hall–Kier alpha value is -2.43. The van der Waals surface area contributed by atoms with Crippen LogP contribution in [0.15, 0.2) is 46.5 Å². The molecule has 3 aromatic heterocycles. The monoisotopic (exact) mass is 506 g/mol. The Labute approximate surface area is 193 Å². The molecule has 0 aliphatic carbocycles. The zero-order valence-corrected chi connectivity index (χ0v) is 19.8. The number of halogens is 2. The SMILES string of the molecule is CC.O=C(c1cccnc1F)N1CCN(Cc2cccc(Nc3ncc(Br)s3)n2)CC1. The van der Waals surface area contributed by atoms with Crippen LogP contribution in [0.3, 0.4) is 0 Å². The van der Waals surface area contributed by atoms with Gasteiger partial charge in [-0.1, -0.05) is 31.3 Å². The van der Waals surface area contributed by atoms with Crippen molar-refractivity contribution in [3.63, 3.8) is 0 Å². The van der Waals surface area contributed by atoms with E-state index < -0.39 is 5.95 Å². The second-order valence-electron chi connectivity index (χ2n) is 6.52.